The number of ether oxygens (including phenoxy) is 3. The fourth-order valence-corrected chi connectivity index (χ4v) is 3.19. The lowest BCUT2D eigenvalue weighted by molar-refractivity contribution is -0.147. The van der Waals surface area contributed by atoms with Gasteiger partial charge < -0.3 is 24.8 Å². The summed E-state index contributed by atoms with van der Waals surface area (Å²) in [5, 5.41) is 5.78. The average Bonchev–Trinajstić information content (AvgIpc) is 2.80. The zero-order chi connectivity index (χ0) is 25.7. The van der Waals surface area contributed by atoms with Crippen LogP contribution in [0.4, 0.5) is 9.59 Å². The first-order valence-electron chi connectivity index (χ1n) is 11.5. The first kappa shape index (κ1) is 28.0. The molecule has 1 atom stereocenters. The monoisotopic (exact) mass is 504 g/mol. The van der Waals surface area contributed by atoms with Crippen LogP contribution < -0.4 is 10.6 Å². The molecular formula is C26H33ClN2O6. The molecule has 0 fully saturated rings. The van der Waals surface area contributed by atoms with E-state index in [1.165, 1.54) is 0 Å². The van der Waals surface area contributed by atoms with Gasteiger partial charge in [-0.2, -0.15) is 0 Å². The lowest BCUT2D eigenvalue weighted by Gasteiger charge is -2.23. The number of amides is 2. The van der Waals surface area contributed by atoms with Gasteiger partial charge in [-0.15, -0.1) is 0 Å². The van der Waals surface area contributed by atoms with Crippen molar-refractivity contribution in [1.29, 1.82) is 0 Å². The van der Waals surface area contributed by atoms with Gasteiger partial charge in [-0.1, -0.05) is 60.1 Å². The molecule has 0 unspecified atom stereocenters. The summed E-state index contributed by atoms with van der Waals surface area (Å²) in [7, 11) is 0. The second-order valence-corrected chi connectivity index (χ2v) is 9.29. The molecule has 2 aromatic rings. The standard InChI is InChI=1S/C26H33ClN2O6/c1-26(2,3)35-25(32)29-22(23(30)33-17-19-11-5-4-6-12-19)15-9-10-16-28-24(31)34-18-20-13-7-8-14-21(20)27/h4-8,11-14,22H,9-10,15-18H2,1-3H3,(H,28,31)(H,29,32)/t22-/m0/s1. The van der Waals surface area contributed by atoms with Crippen molar-refractivity contribution in [2.45, 2.75) is 64.9 Å². The van der Waals surface area contributed by atoms with Gasteiger partial charge in [0.15, 0.2) is 0 Å². The van der Waals surface area contributed by atoms with Crippen LogP contribution in [0.5, 0.6) is 0 Å². The van der Waals surface area contributed by atoms with Crippen LogP contribution in [0.15, 0.2) is 54.6 Å². The van der Waals surface area contributed by atoms with Crippen LogP contribution >= 0.6 is 11.6 Å². The van der Waals surface area contributed by atoms with Crippen LogP contribution in [0, 0.1) is 0 Å². The molecule has 0 radical (unpaired) electrons. The number of halogens is 1. The molecule has 2 rings (SSSR count). The van der Waals surface area contributed by atoms with Crippen molar-refractivity contribution >= 4 is 29.8 Å². The van der Waals surface area contributed by atoms with E-state index in [1.807, 2.05) is 36.4 Å². The lowest BCUT2D eigenvalue weighted by atomic mass is 10.1. The molecule has 2 amide bonds. The predicted molar refractivity (Wildman–Crippen MR) is 133 cm³/mol. The molecule has 0 spiro atoms. The minimum Gasteiger partial charge on any atom is -0.459 e. The highest BCUT2D eigenvalue weighted by atomic mass is 35.5. The molecule has 2 aromatic carbocycles. The minimum atomic E-state index is -0.874. The number of carbonyl (C=O) groups is 3. The first-order valence-corrected chi connectivity index (χ1v) is 11.9. The van der Waals surface area contributed by atoms with Crippen LogP contribution in [0.3, 0.4) is 0 Å². The highest BCUT2D eigenvalue weighted by Gasteiger charge is 2.25. The molecule has 9 heteroatoms. The van der Waals surface area contributed by atoms with Crippen LogP contribution in [-0.4, -0.2) is 36.3 Å². The molecule has 2 N–H and O–H groups in total. The second-order valence-electron chi connectivity index (χ2n) is 8.88. The Hall–Kier alpha value is -3.26. The van der Waals surface area contributed by atoms with Crippen molar-refractivity contribution in [1.82, 2.24) is 10.6 Å². The van der Waals surface area contributed by atoms with E-state index in [2.05, 4.69) is 10.6 Å². The molecule has 0 aromatic heterocycles. The smallest absolute Gasteiger partial charge is 0.408 e. The van der Waals surface area contributed by atoms with Crippen molar-refractivity contribution in [3.05, 3.63) is 70.7 Å². The first-order chi connectivity index (χ1) is 16.6. The summed E-state index contributed by atoms with van der Waals surface area (Å²) in [6.07, 6.45) is 0.185. The van der Waals surface area contributed by atoms with Gasteiger partial charge in [0.05, 0.1) is 0 Å². The quantitative estimate of drug-likeness (QED) is 0.242. The number of rotatable bonds is 11. The summed E-state index contributed by atoms with van der Waals surface area (Å²) < 4.78 is 15.8. The van der Waals surface area contributed by atoms with E-state index in [0.29, 0.717) is 30.8 Å². The maximum absolute atomic E-state index is 12.6. The number of nitrogens with one attached hydrogen (secondary N) is 2. The second kappa shape index (κ2) is 14.2. The Bertz CT molecular complexity index is 962. The number of hydrogen-bond donors (Lipinski definition) is 2. The maximum atomic E-state index is 12.6. The average molecular weight is 505 g/mol. The number of hydrogen-bond acceptors (Lipinski definition) is 6. The van der Waals surface area contributed by atoms with E-state index in [1.54, 1.807) is 39.0 Å². The van der Waals surface area contributed by atoms with E-state index >= 15 is 0 Å². The van der Waals surface area contributed by atoms with Crippen molar-refractivity contribution in [2.75, 3.05) is 6.54 Å². The number of esters is 1. The zero-order valence-corrected chi connectivity index (χ0v) is 21.1. The van der Waals surface area contributed by atoms with Gasteiger partial charge in [-0.25, -0.2) is 14.4 Å². The van der Waals surface area contributed by atoms with E-state index in [9.17, 15) is 14.4 Å². The zero-order valence-electron chi connectivity index (χ0n) is 20.3. The highest BCUT2D eigenvalue weighted by Crippen LogP contribution is 2.15. The van der Waals surface area contributed by atoms with E-state index in [4.69, 9.17) is 25.8 Å². The summed E-state index contributed by atoms with van der Waals surface area (Å²) in [6, 6.07) is 15.5. The number of alkyl carbamates (subject to hydrolysis) is 2. The molecule has 0 bridgehead atoms. The predicted octanol–water partition coefficient (Wildman–Crippen LogP) is 5.37. The third kappa shape index (κ3) is 11.6. The van der Waals surface area contributed by atoms with Gasteiger partial charge in [0.25, 0.3) is 0 Å². The van der Waals surface area contributed by atoms with E-state index in [0.717, 1.165) is 11.1 Å². The largest absolute Gasteiger partial charge is 0.459 e. The number of benzene rings is 2. The normalized spacial score (nSPS) is 11.8. The van der Waals surface area contributed by atoms with Crippen LogP contribution in [0.2, 0.25) is 5.02 Å². The van der Waals surface area contributed by atoms with Crippen LogP contribution in [0.1, 0.15) is 51.2 Å². The van der Waals surface area contributed by atoms with E-state index < -0.39 is 29.8 Å². The Balaban J connectivity index is 1.77. The summed E-state index contributed by atoms with van der Waals surface area (Å²) >= 11 is 6.05. The SMILES string of the molecule is CC(C)(C)OC(=O)N[C@@H](CCCCNC(=O)OCc1ccccc1Cl)C(=O)OCc1ccccc1. The van der Waals surface area contributed by atoms with Gasteiger partial charge in [0.2, 0.25) is 0 Å². The third-order valence-electron chi connectivity index (χ3n) is 4.70. The Morgan fingerprint density at radius 2 is 1.57 bits per heavy atom. The molecule has 0 saturated carbocycles. The Morgan fingerprint density at radius 3 is 2.26 bits per heavy atom. The Morgan fingerprint density at radius 1 is 0.886 bits per heavy atom. The van der Waals surface area contributed by atoms with Gasteiger partial charge in [0.1, 0.15) is 24.9 Å². The molecule has 8 nitrogen and oxygen atoms in total. The van der Waals surface area contributed by atoms with E-state index in [-0.39, 0.29) is 13.2 Å². The van der Waals surface area contributed by atoms with Crippen LogP contribution in [0.25, 0.3) is 0 Å². The minimum absolute atomic E-state index is 0.0701. The molecular weight excluding hydrogens is 472 g/mol. The third-order valence-corrected chi connectivity index (χ3v) is 5.07. The summed E-state index contributed by atoms with van der Waals surface area (Å²) in [5.41, 5.74) is 0.863. The Labute approximate surface area is 211 Å². The van der Waals surface area contributed by atoms with Gasteiger partial charge in [-0.05, 0) is 51.7 Å². The van der Waals surface area contributed by atoms with Gasteiger partial charge in [0, 0.05) is 17.1 Å². The summed E-state index contributed by atoms with van der Waals surface area (Å²) in [4.78, 5) is 36.8. The molecule has 0 aliphatic heterocycles. The molecule has 190 valence electrons. The molecule has 0 heterocycles. The Kier molecular flexibility index (Phi) is 11.4. The highest BCUT2D eigenvalue weighted by molar-refractivity contribution is 6.31. The fourth-order valence-electron chi connectivity index (χ4n) is 3.00. The van der Waals surface area contributed by atoms with Crippen molar-refractivity contribution in [3.8, 4) is 0 Å². The topological polar surface area (TPSA) is 103 Å². The molecule has 0 aliphatic carbocycles. The number of carbonyl (C=O) groups excluding carboxylic acids is 3. The molecule has 35 heavy (non-hydrogen) atoms. The van der Waals surface area contributed by atoms with Crippen molar-refractivity contribution in [3.63, 3.8) is 0 Å². The van der Waals surface area contributed by atoms with Gasteiger partial charge >= 0.3 is 18.2 Å². The van der Waals surface area contributed by atoms with Crippen LogP contribution in [-0.2, 0) is 32.2 Å². The molecule has 0 aliphatic rings. The molecule has 0 saturated heterocycles. The van der Waals surface area contributed by atoms with Crippen molar-refractivity contribution in [2.24, 2.45) is 0 Å². The summed E-state index contributed by atoms with van der Waals surface area (Å²) in [6.45, 7) is 5.74. The fraction of sp³-hybridized carbons (Fsp3) is 0.423. The lowest BCUT2D eigenvalue weighted by Crippen LogP contribution is -2.44. The van der Waals surface area contributed by atoms with Gasteiger partial charge in [-0.3, -0.25) is 0 Å². The van der Waals surface area contributed by atoms with Crippen molar-refractivity contribution < 1.29 is 28.6 Å². The maximum Gasteiger partial charge on any atom is 0.408 e. The summed E-state index contributed by atoms with van der Waals surface area (Å²) in [5.74, 6) is -0.549. The number of unbranched alkanes of at least 4 members (excludes halogenated alkanes) is 1.